The van der Waals surface area contributed by atoms with Gasteiger partial charge in [-0.1, -0.05) is 0 Å². The lowest BCUT2D eigenvalue weighted by molar-refractivity contribution is 0.0922. The number of benzene rings is 1. The van der Waals surface area contributed by atoms with Gasteiger partial charge in [0.15, 0.2) is 5.78 Å². The van der Waals surface area contributed by atoms with Gasteiger partial charge in [-0.2, -0.15) is 0 Å². The van der Waals surface area contributed by atoms with Crippen LogP contribution in [0.2, 0.25) is 0 Å². The first-order valence-corrected chi connectivity index (χ1v) is 7.15. The number of Topliss-reactive ketones (excluding diaryl/α,β-unsaturated/α-hetero) is 1. The number of hydrogen-bond donors (Lipinski definition) is 2. The lowest BCUT2D eigenvalue weighted by Crippen LogP contribution is -2.48. The third-order valence-corrected chi connectivity index (χ3v) is 3.85. The Kier molecular flexibility index (Phi) is 3.92. The van der Waals surface area contributed by atoms with Crippen LogP contribution < -0.4 is 4.90 Å². The Morgan fingerprint density at radius 3 is 2.43 bits per heavy atom. The molecule has 2 aromatic rings. The van der Waals surface area contributed by atoms with E-state index in [0.717, 1.165) is 31.9 Å². The molecule has 0 unspecified atom stereocenters. The topological polar surface area (TPSA) is 59.6 Å². The minimum Gasteiger partial charge on any atom is -0.508 e. The largest absolute Gasteiger partial charge is 0.508 e. The summed E-state index contributed by atoms with van der Waals surface area (Å²) in [5.41, 5.74) is 1.79. The quantitative estimate of drug-likeness (QED) is 0.840. The molecular weight excluding hydrogens is 266 g/mol. The van der Waals surface area contributed by atoms with Crippen LogP contribution in [-0.4, -0.2) is 53.5 Å². The molecule has 0 spiro atoms. The third-order valence-electron chi connectivity index (χ3n) is 3.85. The van der Waals surface area contributed by atoms with E-state index in [4.69, 9.17) is 0 Å². The summed E-state index contributed by atoms with van der Waals surface area (Å²) in [4.78, 5) is 19.5. The summed E-state index contributed by atoms with van der Waals surface area (Å²) in [5, 5.41) is 9.32. The third kappa shape index (κ3) is 3.25. The molecule has 0 bridgehead atoms. The Bertz CT molecular complexity index is 584. The van der Waals surface area contributed by atoms with Crippen LogP contribution in [0.5, 0.6) is 5.75 Å². The average molecular weight is 285 g/mol. The molecule has 1 fully saturated rings. The summed E-state index contributed by atoms with van der Waals surface area (Å²) in [6, 6.07) is 10.9. The Morgan fingerprint density at radius 2 is 1.81 bits per heavy atom. The molecule has 110 valence electrons. The lowest BCUT2D eigenvalue weighted by atomic mass is 10.2. The molecule has 1 saturated heterocycles. The van der Waals surface area contributed by atoms with Gasteiger partial charge in [-0.15, -0.1) is 0 Å². The van der Waals surface area contributed by atoms with E-state index in [2.05, 4.69) is 14.8 Å². The average Bonchev–Trinajstić information content (AvgIpc) is 3.03. The molecule has 1 aromatic carbocycles. The number of anilines is 1. The maximum Gasteiger partial charge on any atom is 0.192 e. The van der Waals surface area contributed by atoms with E-state index in [0.29, 0.717) is 12.2 Å². The van der Waals surface area contributed by atoms with Crippen molar-refractivity contribution in [1.29, 1.82) is 0 Å². The second-order valence-electron chi connectivity index (χ2n) is 5.29. The first kappa shape index (κ1) is 13.7. The van der Waals surface area contributed by atoms with E-state index in [-0.39, 0.29) is 11.5 Å². The van der Waals surface area contributed by atoms with Gasteiger partial charge in [-0.3, -0.25) is 9.69 Å². The van der Waals surface area contributed by atoms with Crippen LogP contribution in [0.4, 0.5) is 5.69 Å². The fourth-order valence-corrected chi connectivity index (χ4v) is 2.62. The number of nitrogens with zero attached hydrogens (tertiary/aromatic N) is 2. The van der Waals surface area contributed by atoms with Crippen molar-refractivity contribution in [3.05, 3.63) is 48.3 Å². The highest BCUT2D eigenvalue weighted by molar-refractivity contribution is 5.95. The zero-order chi connectivity index (χ0) is 14.7. The van der Waals surface area contributed by atoms with E-state index >= 15 is 0 Å². The number of phenolic OH excluding ortho intramolecular Hbond substituents is 1. The maximum atomic E-state index is 12.0. The van der Waals surface area contributed by atoms with Crippen molar-refractivity contribution in [1.82, 2.24) is 9.88 Å². The molecule has 2 heterocycles. The number of H-pyrrole nitrogens is 1. The smallest absolute Gasteiger partial charge is 0.192 e. The summed E-state index contributed by atoms with van der Waals surface area (Å²) in [6.07, 6.45) is 1.77. The van der Waals surface area contributed by atoms with E-state index < -0.39 is 0 Å². The Morgan fingerprint density at radius 1 is 1.10 bits per heavy atom. The number of hydrogen-bond acceptors (Lipinski definition) is 4. The van der Waals surface area contributed by atoms with Gasteiger partial charge >= 0.3 is 0 Å². The summed E-state index contributed by atoms with van der Waals surface area (Å²) < 4.78 is 0. The van der Waals surface area contributed by atoms with Crippen LogP contribution in [0, 0.1) is 0 Å². The highest BCUT2D eigenvalue weighted by Gasteiger charge is 2.20. The van der Waals surface area contributed by atoms with Crippen LogP contribution >= 0.6 is 0 Å². The van der Waals surface area contributed by atoms with Gasteiger partial charge in [0.2, 0.25) is 0 Å². The summed E-state index contributed by atoms with van der Waals surface area (Å²) in [5.74, 6) is 0.423. The van der Waals surface area contributed by atoms with Crippen LogP contribution in [-0.2, 0) is 0 Å². The molecule has 21 heavy (non-hydrogen) atoms. The monoisotopic (exact) mass is 285 g/mol. The minimum atomic E-state index is 0.137. The van der Waals surface area contributed by atoms with Crippen molar-refractivity contribution >= 4 is 11.5 Å². The van der Waals surface area contributed by atoms with Crippen molar-refractivity contribution in [3.63, 3.8) is 0 Å². The van der Waals surface area contributed by atoms with Crippen LogP contribution in [0.1, 0.15) is 10.5 Å². The molecule has 1 aliphatic rings. The van der Waals surface area contributed by atoms with Crippen molar-refractivity contribution in [3.8, 4) is 5.75 Å². The maximum absolute atomic E-state index is 12.0. The van der Waals surface area contributed by atoms with Crippen LogP contribution in [0.15, 0.2) is 42.6 Å². The fourth-order valence-electron chi connectivity index (χ4n) is 2.62. The number of ketones is 1. The molecule has 1 aliphatic heterocycles. The van der Waals surface area contributed by atoms with Crippen LogP contribution in [0.3, 0.4) is 0 Å². The van der Waals surface area contributed by atoms with E-state index in [1.165, 1.54) is 0 Å². The molecule has 2 N–H and O–H groups in total. The number of carbonyl (C=O) groups is 1. The van der Waals surface area contributed by atoms with Crippen LogP contribution in [0.25, 0.3) is 0 Å². The van der Waals surface area contributed by atoms with Gasteiger partial charge < -0.3 is 15.0 Å². The Hall–Kier alpha value is -2.27. The predicted molar refractivity (Wildman–Crippen MR) is 81.9 cm³/mol. The SMILES string of the molecule is O=C(CN1CCN(c2ccc(O)cc2)CC1)c1ccc[nH]1. The number of aromatic amines is 1. The first-order valence-electron chi connectivity index (χ1n) is 7.15. The highest BCUT2D eigenvalue weighted by atomic mass is 16.3. The summed E-state index contributed by atoms with van der Waals surface area (Å²) in [7, 11) is 0. The molecule has 5 nitrogen and oxygen atoms in total. The highest BCUT2D eigenvalue weighted by Crippen LogP contribution is 2.19. The molecule has 1 aromatic heterocycles. The summed E-state index contributed by atoms with van der Waals surface area (Å²) in [6.45, 7) is 3.98. The first-order chi connectivity index (χ1) is 10.2. The normalized spacial score (nSPS) is 16.1. The molecule has 3 rings (SSSR count). The predicted octanol–water partition coefficient (Wildman–Crippen LogP) is 1.73. The molecule has 0 radical (unpaired) electrons. The van der Waals surface area contributed by atoms with Crippen molar-refractivity contribution < 1.29 is 9.90 Å². The molecule has 0 aliphatic carbocycles. The number of rotatable bonds is 4. The molecule has 0 amide bonds. The lowest BCUT2D eigenvalue weighted by Gasteiger charge is -2.35. The number of carbonyl (C=O) groups excluding carboxylic acids is 1. The zero-order valence-electron chi connectivity index (χ0n) is 11.8. The molecule has 5 heteroatoms. The second-order valence-corrected chi connectivity index (χ2v) is 5.29. The van der Waals surface area contributed by atoms with Gasteiger partial charge in [0.25, 0.3) is 0 Å². The number of nitrogens with one attached hydrogen (secondary N) is 1. The number of aromatic nitrogens is 1. The molecular formula is C16H19N3O2. The number of phenols is 1. The van der Waals surface area contributed by atoms with E-state index in [1.807, 2.05) is 24.3 Å². The standard InChI is InChI=1S/C16H19N3O2/c20-14-5-3-13(4-6-14)19-10-8-18(9-11-19)12-16(21)15-2-1-7-17-15/h1-7,17,20H,8-12H2. The van der Waals surface area contributed by atoms with Crippen molar-refractivity contribution in [2.45, 2.75) is 0 Å². The van der Waals surface area contributed by atoms with Gasteiger partial charge in [0, 0.05) is 38.1 Å². The molecule has 0 saturated carbocycles. The Balaban J connectivity index is 1.53. The number of aromatic hydroxyl groups is 1. The minimum absolute atomic E-state index is 0.137. The Labute approximate surface area is 123 Å². The van der Waals surface area contributed by atoms with Crippen molar-refractivity contribution in [2.75, 3.05) is 37.6 Å². The zero-order valence-corrected chi connectivity index (χ0v) is 11.8. The van der Waals surface area contributed by atoms with E-state index in [9.17, 15) is 9.90 Å². The fraction of sp³-hybridized carbons (Fsp3) is 0.312. The number of piperazine rings is 1. The van der Waals surface area contributed by atoms with Gasteiger partial charge in [0.05, 0.1) is 12.2 Å². The van der Waals surface area contributed by atoms with Gasteiger partial charge in [-0.05, 0) is 36.4 Å². The summed E-state index contributed by atoms with van der Waals surface area (Å²) >= 11 is 0. The van der Waals surface area contributed by atoms with Gasteiger partial charge in [-0.25, -0.2) is 0 Å². The van der Waals surface area contributed by atoms with Gasteiger partial charge in [0.1, 0.15) is 5.75 Å². The molecule has 0 atom stereocenters. The second kappa shape index (κ2) is 6.01. The van der Waals surface area contributed by atoms with Crippen molar-refractivity contribution in [2.24, 2.45) is 0 Å². The van der Waals surface area contributed by atoms with E-state index in [1.54, 1.807) is 18.3 Å².